The van der Waals surface area contributed by atoms with Crippen LogP contribution in [0.3, 0.4) is 0 Å². The fraction of sp³-hybridized carbons (Fsp3) is 0.783. The van der Waals surface area contributed by atoms with E-state index in [4.69, 9.17) is 9.72 Å². The van der Waals surface area contributed by atoms with Crippen LogP contribution in [0.25, 0.3) is 0 Å². The van der Waals surface area contributed by atoms with E-state index in [2.05, 4.69) is 16.3 Å². The molecular formula is C23H31N3O2S. The maximum absolute atomic E-state index is 13.0. The van der Waals surface area contributed by atoms with Crippen LogP contribution in [0.4, 0.5) is 0 Å². The molecule has 156 valence electrons. The third-order valence-corrected chi connectivity index (χ3v) is 8.59. The van der Waals surface area contributed by atoms with Crippen molar-refractivity contribution in [1.82, 2.24) is 9.88 Å². The molecule has 6 rings (SSSR count). The summed E-state index contributed by atoms with van der Waals surface area (Å²) in [6.07, 6.45) is 8.25. The first kappa shape index (κ1) is 19.7. The Morgan fingerprint density at radius 2 is 1.83 bits per heavy atom. The number of morpholine rings is 1. The smallest absolute Gasteiger partial charge is 0.170 e. The molecule has 1 aromatic rings. The topological polar surface area (TPSA) is 66.2 Å². The number of rotatable bonds is 5. The van der Waals surface area contributed by atoms with Gasteiger partial charge in [-0.05, 0) is 70.1 Å². The molecule has 0 N–H and O–H groups in total. The van der Waals surface area contributed by atoms with Crippen molar-refractivity contribution in [3.05, 3.63) is 16.1 Å². The van der Waals surface area contributed by atoms with Crippen molar-refractivity contribution in [1.29, 1.82) is 5.26 Å². The molecule has 6 heteroatoms. The second-order valence-corrected chi connectivity index (χ2v) is 11.1. The normalized spacial score (nSPS) is 40.0. The number of hydrogen-bond donors (Lipinski definition) is 0. The van der Waals surface area contributed by atoms with Crippen molar-refractivity contribution >= 4 is 17.1 Å². The van der Waals surface area contributed by atoms with Gasteiger partial charge in [-0.25, -0.2) is 4.98 Å². The van der Waals surface area contributed by atoms with E-state index in [9.17, 15) is 10.1 Å². The van der Waals surface area contributed by atoms with E-state index in [0.29, 0.717) is 11.6 Å². The third kappa shape index (κ3) is 3.66. The summed E-state index contributed by atoms with van der Waals surface area (Å²) < 4.78 is 5.76. The molecule has 0 spiro atoms. The minimum absolute atomic E-state index is 0.0276. The zero-order valence-electron chi connectivity index (χ0n) is 17.5. The molecule has 0 radical (unpaired) electrons. The molecule has 5 nitrogen and oxygen atoms in total. The fourth-order valence-electron chi connectivity index (χ4n) is 7.08. The Hall–Kier alpha value is -1.29. The van der Waals surface area contributed by atoms with E-state index >= 15 is 0 Å². The van der Waals surface area contributed by atoms with Crippen molar-refractivity contribution in [2.24, 2.45) is 17.8 Å². The monoisotopic (exact) mass is 413 g/mol. The highest BCUT2D eigenvalue weighted by molar-refractivity contribution is 7.10. The van der Waals surface area contributed by atoms with Gasteiger partial charge in [0, 0.05) is 23.9 Å². The number of thiazole rings is 1. The summed E-state index contributed by atoms with van der Waals surface area (Å²) in [6, 6.07) is 2.26. The van der Waals surface area contributed by atoms with Crippen LogP contribution in [0.1, 0.15) is 69.0 Å². The molecule has 1 saturated heterocycles. The molecule has 4 aliphatic carbocycles. The van der Waals surface area contributed by atoms with Crippen molar-refractivity contribution < 1.29 is 9.53 Å². The minimum Gasteiger partial charge on any atom is -0.373 e. The second kappa shape index (κ2) is 7.44. The van der Waals surface area contributed by atoms with Crippen LogP contribution < -0.4 is 0 Å². The lowest BCUT2D eigenvalue weighted by atomic mass is 9.49. The van der Waals surface area contributed by atoms with Gasteiger partial charge in [-0.15, -0.1) is 11.3 Å². The quantitative estimate of drug-likeness (QED) is 0.732. The molecule has 0 aromatic carbocycles. The van der Waals surface area contributed by atoms with E-state index in [1.165, 1.54) is 55.6 Å². The summed E-state index contributed by atoms with van der Waals surface area (Å²) in [5.41, 5.74) is 1.40. The summed E-state index contributed by atoms with van der Waals surface area (Å²) in [6.45, 7) is 5.86. The SMILES string of the molecule is CC1CN(CC(=O)C(C#N)c2nc(C34CC5CC(CC(C5)C3)C4)cs2)CC(C)O1. The number of ether oxygens (including phenoxy) is 1. The Balaban J connectivity index is 1.31. The van der Waals surface area contributed by atoms with Crippen molar-refractivity contribution in [2.45, 2.75) is 75.9 Å². The maximum atomic E-state index is 13.0. The van der Waals surface area contributed by atoms with E-state index in [0.717, 1.165) is 30.8 Å². The zero-order valence-corrected chi connectivity index (χ0v) is 18.3. The molecule has 3 atom stereocenters. The van der Waals surface area contributed by atoms with Gasteiger partial charge in [-0.3, -0.25) is 9.69 Å². The Kier molecular flexibility index (Phi) is 5.04. The van der Waals surface area contributed by atoms with Gasteiger partial charge in [0.2, 0.25) is 0 Å². The Labute approximate surface area is 177 Å². The van der Waals surface area contributed by atoms with Crippen LogP contribution in [0.5, 0.6) is 0 Å². The molecule has 1 aromatic heterocycles. The lowest BCUT2D eigenvalue weighted by molar-refractivity contribution is -0.124. The first-order valence-corrected chi connectivity index (χ1v) is 12.1. The number of hydrogen-bond acceptors (Lipinski definition) is 6. The number of nitriles is 1. The van der Waals surface area contributed by atoms with Gasteiger partial charge in [0.05, 0.1) is 30.5 Å². The van der Waals surface area contributed by atoms with Gasteiger partial charge in [0.25, 0.3) is 0 Å². The number of ketones is 1. The second-order valence-electron chi connectivity index (χ2n) is 10.2. The molecule has 5 fully saturated rings. The highest BCUT2D eigenvalue weighted by Crippen LogP contribution is 2.60. The summed E-state index contributed by atoms with van der Waals surface area (Å²) in [5, 5.41) is 12.7. The minimum atomic E-state index is -0.740. The Morgan fingerprint density at radius 1 is 1.24 bits per heavy atom. The van der Waals surface area contributed by atoms with Crippen molar-refractivity contribution in [2.75, 3.05) is 19.6 Å². The average Bonchev–Trinajstić information content (AvgIpc) is 3.11. The van der Waals surface area contributed by atoms with E-state index in [-0.39, 0.29) is 23.4 Å². The predicted octanol–water partition coefficient (Wildman–Crippen LogP) is 3.90. The van der Waals surface area contributed by atoms with Crippen LogP contribution >= 0.6 is 11.3 Å². The molecule has 4 bridgehead atoms. The van der Waals surface area contributed by atoms with Crippen LogP contribution in [-0.4, -0.2) is 47.5 Å². The van der Waals surface area contributed by atoms with Gasteiger partial charge < -0.3 is 4.74 Å². The van der Waals surface area contributed by atoms with E-state index in [1.54, 1.807) is 0 Å². The fourth-order valence-corrected chi connectivity index (χ4v) is 8.08. The summed E-state index contributed by atoms with van der Waals surface area (Å²) in [5.74, 6) is 1.83. The first-order valence-electron chi connectivity index (χ1n) is 11.2. The molecule has 1 aliphatic heterocycles. The molecule has 2 heterocycles. The van der Waals surface area contributed by atoms with Gasteiger partial charge in [-0.2, -0.15) is 5.26 Å². The molecule has 3 unspecified atom stereocenters. The van der Waals surface area contributed by atoms with Crippen LogP contribution in [0.15, 0.2) is 5.38 Å². The molecular weight excluding hydrogens is 382 g/mol. The van der Waals surface area contributed by atoms with Crippen molar-refractivity contribution in [3.63, 3.8) is 0 Å². The van der Waals surface area contributed by atoms with Gasteiger partial charge in [0.15, 0.2) is 11.7 Å². The van der Waals surface area contributed by atoms with Crippen LogP contribution in [0.2, 0.25) is 0 Å². The van der Waals surface area contributed by atoms with Gasteiger partial charge >= 0.3 is 0 Å². The summed E-state index contributed by atoms with van der Waals surface area (Å²) >= 11 is 1.52. The number of nitrogens with zero attached hydrogens (tertiary/aromatic N) is 3. The molecule has 4 saturated carbocycles. The summed E-state index contributed by atoms with van der Waals surface area (Å²) in [7, 11) is 0. The highest BCUT2D eigenvalue weighted by atomic mass is 32.1. The lowest BCUT2D eigenvalue weighted by Gasteiger charge is -2.56. The van der Waals surface area contributed by atoms with Gasteiger partial charge in [0.1, 0.15) is 5.01 Å². The number of carbonyl (C=O) groups is 1. The standard InChI is InChI=1S/C23H31N3O2S/c1-14-10-26(11-15(2)28-14)12-20(27)19(9-24)22-25-21(13-29-22)23-6-16-3-17(7-23)5-18(4-16)8-23/h13-19H,3-8,10-12H2,1-2H3. The van der Waals surface area contributed by atoms with E-state index < -0.39 is 5.92 Å². The summed E-state index contributed by atoms with van der Waals surface area (Å²) in [4.78, 5) is 20.0. The molecule has 29 heavy (non-hydrogen) atoms. The maximum Gasteiger partial charge on any atom is 0.170 e. The molecule has 0 amide bonds. The Bertz CT molecular complexity index is 783. The lowest BCUT2D eigenvalue weighted by Crippen LogP contribution is -2.48. The first-order chi connectivity index (χ1) is 13.9. The average molecular weight is 414 g/mol. The predicted molar refractivity (Wildman–Crippen MR) is 112 cm³/mol. The van der Waals surface area contributed by atoms with Crippen LogP contribution in [0, 0.1) is 29.1 Å². The Morgan fingerprint density at radius 3 is 2.38 bits per heavy atom. The number of aromatic nitrogens is 1. The largest absolute Gasteiger partial charge is 0.373 e. The molecule has 5 aliphatic rings. The van der Waals surface area contributed by atoms with Crippen LogP contribution in [-0.2, 0) is 14.9 Å². The number of Topliss-reactive ketones (excluding diaryl/α,β-unsaturated/α-hetero) is 1. The van der Waals surface area contributed by atoms with Crippen molar-refractivity contribution in [3.8, 4) is 6.07 Å². The zero-order chi connectivity index (χ0) is 20.2. The van der Waals surface area contributed by atoms with E-state index in [1.807, 2.05) is 13.8 Å². The number of carbonyl (C=O) groups excluding carboxylic acids is 1. The highest BCUT2D eigenvalue weighted by Gasteiger charge is 2.52. The van der Waals surface area contributed by atoms with Gasteiger partial charge in [-0.1, -0.05) is 0 Å². The third-order valence-electron chi connectivity index (χ3n) is 7.68.